The lowest BCUT2D eigenvalue weighted by Gasteiger charge is -1.99. The molecule has 1 aliphatic rings. The fraction of sp³-hybridized carbons (Fsp3) is 0.429. The molecule has 0 aromatic carbocycles. The lowest BCUT2D eigenvalue weighted by molar-refractivity contribution is 0.758. The highest BCUT2D eigenvalue weighted by Gasteiger charge is 2.11. The number of nitrogens with zero attached hydrogens (tertiary/aromatic N) is 2. The quantitative estimate of drug-likeness (QED) is 0.597. The number of hydrogen-bond donors (Lipinski definition) is 2. The summed E-state index contributed by atoms with van der Waals surface area (Å²) in [6.07, 6.45) is 1.87. The van der Waals surface area contributed by atoms with Crippen LogP contribution in [0.25, 0.3) is 0 Å². The molecule has 1 aromatic heterocycles. The number of aromatic nitrogens is 2. The highest BCUT2D eigenvalue weighted by atomic mass is 15.1. The average Bonchev–Trinajstić information content (AvgIpc) is 2.50. The van der Waals surface area contributed by atoms with E-state index in [0.717, 1.165) is 18.8 Å². The summed E-state index contributed by atoms with van der Waals surface area (Å²) >= 11 is 0. The molecule has 0 radical (unpaired) electrons. The van der Waals surface area contributed by atoms with Gasteiger partial charge < -0.3 is 10.6 Å². The van der Waals surface area contributed by atoms with Crippen LogP contribution in [0.2, 0.25) is 0 Å². The van der Waals surface area contributed by atoms with E-state index >= 15 is 0 Å². The van der Waals surface area contributed by atoms with Crippen molar-refractivity contribution in [1.29, 1.82) is 0 Å². The van der Waals surface area contributed by atoms with E-state index in [1.54, 1.807) is 0 Å². The SMILES string of the molecule is CNc1ncc2c(n1)CNC2. The van der Waals surface area contributed by atoms with Gasteiger partial charge in [0.25, 0.3) is 0 Å². The molecule has 0 spiro atoms. The number of rotatable bonds is 1. The van der Waals surface area contributed by atoms with Crippen molar-refractivity contribution in [3.63, 3.8) is 0 Å². The fourth-order valence-electron chi connectivity index (χ4n) is 1.18. The molecular weight excluding hydrogens is 140 g/mol. The first-order valence-corrected chi connectivity index (χ1v) is 3.63. The Bertz CT molecular complexity index is 271. The predicted octanol–water partition coefficient (Wildman–Crippen LogP) is 0.121. The Morgan fingerprint density at radius 2 is 2.45 bits per heavy atom. The van der Waals surface area contributed by atoms with Crippen LogP contribution in [0, 0.1) is 0 Å². The third kappa shape index (κ3) is 1.05. The van der Waals surface area contributed by atoms with Crippen molar-refractivity contribution < 1.29 is 0 Å². The highest BCUT2D eigenvalue weighted by molar-refractivity contribution is 5.30. The predicted molar refractivity (Wildman–Crippen MR) is 42.1 cm³/mol. The number of anilines is 1. The molecule has 0 saturated heterocycles. The molecule has 1 aliphatic heterocycles. The average molecular weight is 150 g/mol. The molecule has 2 rings (SSSR count). The summed E-state index contributed by atoms with van der Waals surface area (Å²) in [6, 6.07) is 0. The summed E-state index contributed by atoms with van der Waals surface area (Å²) in [5.74, 6) is 0.701. The molecule has 0 aliphatic carbocycles. The van der Waals surface area contributed by atoms with Crippen LogP contribution in [-0.2, 0) is 13.1 Å². The number of hydrogen-bond acceptors (Lipinski definition) is 4. The third-order valence-corrected chi connectivity index (χ3v) is 1.79. The summed E-state index contributed by atoms with van der Waals surface area (Å²) in [4.78, 5) is 8.39. The van der Waals surface area contributed by atoms with Gasteiger partial charge in [-0.25, -0.2) is 9.97 Å². The first-order valence-electron chi connectivity index (χ1n) is 3.63. The minimum Gasteiger partial charge on any atom is -0.357 e. The molecule has 2 N–H and O–H groups in total. The molecule has 0 atom stereocenters. The van der Waals surface area contributed by atoms with Crippen LogP contribution >= 0.6 is 0 Å². The van der Waals surface area contributed by atoms with Crippen molar-refractivity contribution in [3.05, 3.63) is 17.5 Å². The van der Waals surface area contributed by atoms with Gasteiger partial charge in [0.15, 0.2) is 0 Å². The molecule has 2 heterocycles. The summed E-state index contributed by atoms with van der Waals surface area (Å²) < 4.78 is 0. The normalized spacial score (nSPS) is 14.6. The topological polar surface area (TPSA) is 49.8 Å². The second kappa shape index (κ2) is 2.47. The molecule has 1 aromatic rings. The third-order valence-electron chi connectivity index (χ3n) is 1.79. The largest absolute Gasteiger partial charge is 0.357 e. The molecule has 0 fully saturated rings. The number of nitrogens with one attached hydrogen (secondary N) is 2. The van der Waals surface area contributed by atoms with Gasteiger partial charge in [0, 0.05) is 31.9 Å². The summed E-state index contributed by atoms with van der Waals surface area (Å²) in [6.45, 7) is 1.77. The van der Waals surface area contributed by atoms with Crippen LogP contribution in [0.4, 0.5) is 5.95 Å². The van der Waals surface area contributed by atoms with E-state index in [4.69, 9.17) is 0 Å². The van der Waals surface area contributed by atoms with Gasteiger partial charge in [-0.3, -0.25) is 0 Å². The van der Waals surface area contributed by atoms with E-state index in [1.807, 2.05) is 13.2 Å². The Morgan fingerprint density at radius 3 is 3.27 bits per heavy atom. The molecule has 58 valence electrons. The van der Waals surface area contributed by atoms with Crippen molar-refractivity contribution in [3.8, 4) is 0 Å². The Kier molecular flexibility index (Phi) is 1.47. The Labute approximate surface area is 65.1 Å². The summed E-state index contributed by atoms with van der Waals surface area (Å²) in [7, 11) is 1.82. The van der Waals surface area contributed by atoms with Crippen molar-refractivity contribution in [2.24, 2.45) is 0 Å². The van der Waals surface area contributed by atoms with Crippen LogP contribution < -0.4 is 10.6 Å². The molecular formula is C7H10N4. The van der Waals surface area contributed by atoms with Crippen LogP contribution in [0.3, 0.4) is 0 Å². The Morgan fingerprint density at radius 1 is 1.55 bits per heavy atom. The van der Waals surface area contributed by atoms with Crippen molar-refractivity contribution in [2.75, 3.05) is 12.4 Å². The first kappa shape index (κ1) is 6.54. The summed E-state index contributed by atoms with van der Waals surface area (Å²) in [5, 5.41) is 6.12. The van der Waals surface area contributed by atoms with E-state index < -0.39 is 0 Å². The second-order valence-electron chi connectivity index (χ2n) is 2.52. The zero-order valence-corrected chi connectivity index (χ0v) is 6.39. The second-order valence-corrected chi connectivity index (χ2v) is 2.52. The van der Waals surface area contributed by atoms with E-state index in [1.165, 1.54) is 5.56 Å². The van der Waals surface area contributed by atoms with E-state index in [0.29, 0.717) is 5.95 Å². The molecule has 0 amide bonds. The zero-order valence-electron chi connectivity index (χ0n) is 6.39. The van der Waals surface area contributed by atoms with Gasteiger partial charge in [-0.05, 0) is 0 Å². The lowest BCUT2D eigenvalue weighted by Crippen LogP contribution is -2.01. The Hall–Kier alpha value is -1.16. The lowest BCUT2D eigenvalue weighted by atomic mass is 10.3. The van der Waals surface area contributed by atoms with Gasteiger partial charge in [-0.15, -0.1) is 0 Å². The van der Waals surface area contributed by atoms with Gasteiger partial charge in [-0.1, -0.05) is 0 Å². The van der Waals surface area contributed by atoms with Crippen LogP contribution in [0.1, 0.15) is 11.3 Å². The first-order chi connectivity index (χ1) is 5.40. The minimum atomic E-state index is 0.701. The standard InChI is InChI=1S/C7H10N4/c1-8-7-10-3-5-2-9-4-6(5)11-7/h3,9H,2,4H2,1H3,(H,8,10,11). The van der Waals surface area contributed by atoms with Gasteiger partial charge in [0.2, 0.25) is 5.95 Å². The fourth-order valence-corrected chi connectivity index (χ4v) is 1.18. The molecule has 11 heavy (non-hydrogen) atoms. The monoisotopic (exact) mass is 150 g/mol. The summed E-state index contributed by atoms with van der Waals surface area (Å²) in [5.41, 5.74) is 2.33. The molecule has 4 nitrogen and oxygen atoms in total. The van der Waals surface area contributed by atoms with Gasteiger partial charge in [0.05, 0.1) is 5.69 Å². The molecule has 0 unspecified atom stereocenters. The van der Waals surface area contributed by atoms with Crippen LogP contribution in [-0.4, -0.2) is 17.0 Å². The molecule has 0 saturated carbocycles. The van der Waals surface area contributed by atoms with E-state index in [2.05, 4.69) is 20.6 Å². The van der Waals surface area contributed by atoms with E-state index in [9.17, 15) is 0 Å². The minimum absolute atomic E-state index is 0.701. The molecule has 4 heteroatoms. The van der Waals surface area contributed by atoms with Gasteiger partial charge >= 0.3 is 0 Å². The maximum Gasteiger partial charge on any atom is 0.222 e. The highest BCUT2D eigenvalue weighted by Crippen LogP contribution is 2.12. The van der Waals surface area contributed by atoms with Crippen molar-refractivity contribution in [2.45, 2.75) is 13.1 Å². The molecule has 0 bridgehead atoms. The Balaban J connectivity index is 2.41. The van der Waals surface area contributed by atoms with Crippen LogP contribution in [0.15, 0.2) is 6.20 Å². The van der Waals surface area contributed by atoms with E-state index in [-0.39, 0.29) is 0 Å². The van der Waals surface area contributed by atoms with Gasteiger partial charge in [0.1, 0.15) is 0 Å². The zero-order chi connectivity index (χ0) is 7.68. The van der Waals surface area contributed by atoms with Gasteiger partial charge in [-0.2, -0.15) is 0 Å². The van der Waals surface area contributed by atoms with Crippen molar-refractivity contribution >= 4 is 5.95 Å². The van der Waals surface area contributed by atoms with Crippen molar-refractivity contribution in [1.82, 2.24) is 15.3 Å². The maximum absolute atomic E-state index is 4.29. The number of fused-ring (bicyclic) bond motifs is 1. The van der Waals surface area contributed by atoms with Crippen LogP contribution in [0.5, 0.6) is 0 Å². The smallest absolute Gasteiger partial charge is 0.222 e. The maximum atomic E-state index is 4.29.